The summed E-state index contributed by atoms with van der Waals surface area (Å²) >= 11 is 0. The van der Waals surface area contributed by atoms with Crippen molar-refractivity contribution in [2.24, 2.45) is 11.8 Å². The van der Waals surface area contributed by atoms with E-state index in [1.54, 1.807) is 18.5 Å². The highest BCUT2D eigenvalue weighted by molar-refractivity contribution is 5.89. The van der Waals surface area contributed by atoms with Gasteiger partial charge in [0.05, 0.1) is 5.92 Å². The minimum atomic E-state index is -0.157. The van der Waals surface area contributed by atoms with Crippen molar-refractivity contribution in [1.82, 2.24) is 19.8 Å². The zero-order chi connectivity index (χ0) is 16.5. The number of aromatic nitrogens is 2. The monoisotopic (exact) mass is 329 g/mol. The average molecular weight is 329 g/mol. The fourth-order valence-electron chi connectivity index (χ4n) is 3.57. The lowest BCUT2D eigenvalue weighted by Crippen LogP contribution is -2.51. The molecule has 1 aliphatic carbocycles. The van der Waals surface area contributed by atoms with Crippen LogP contribution >= 0.6 is 0 Å². The summed E-state index contributed by atoms with van der Waals surface area (Å²) in [7, 11) is 0. The molecule has 4 rings (SSSR count). The number of nitrogens with zero attached hydrogens (tertiary/aromatic N) is 5. The predicted molar refractivity (Wildman–Crippen MR) is 88.2 cm³/mol. The first-order chi connectivity index (χ1) is 11.7. The van der Waals surface area contributed by atoms with Gasteiger partial charge in [-0.25, -0.2) is 9.97 Å². The summed E-state index contributed by atoms with van der Waals surface area (Å²) in [6.45, 7) is 4.27. The smallest absolute Gasteiger partial charge is 0.228 e. The fourth-order valence-corrected chi connectivity index (χ4v) is 3.57. The van der Waals surface area contributed by atoms with Crippen LogP contribution in [-0.2, 0) is 9.59 Å². The minimum Gasteiger partial charge on any atom is -0.342 e. The third kappa shape index (κ3) is 3.20. The Hall–Kier alpha value is -2.18. The van der Waals surface area contributed by atoms with E-state index in [2.05, 4.69) is 14.9 Å². The maximum absolute atomic E-state index is 12.7. The molecule has 0 N–H and O–H groups in total. The van der Waals surface area contributed by atoms with Gasteiger partial charge in [0, 0.05) is 58.1 Å². The van der Waals surface area contributed by atoms with Gasteiger partial charge in [0.2, 0.25) is 17.8 Å². The summed E-state index contributed by atoms with van der Waals surface area (Å²) in [5, 5.41) is 0. The molecular weight excluding hydrogens is 306 g/mol. The van der Waals surface area contributed by atoms with Gasteiger partial charge in [-0.3, -0.25) is 9.59 Å². The molecule has 2 saturated heterocycles. The van der Waals surface area contributed by atoms with E-state index in [1.807, 2.05) is 9.80 Å². The normalized spacial score (nSPS) is 24.6. The minimum absolute atomic E-state index is 0.135. The number of hydrogen-bond acceptors (Lipinski definition) is 5. The quantitative estimate of drug-likeness (QED) is 0.799. The van der Waals surface area contributed by atoms with Crippen LogP contribution in [0.4, 0.5) is 5.95 Å². The summed E-state index contributed by atoms with van der Waals surface area (Å²) < 4.78 is 0. The zero-order valence-electron chi connectivity index (χ0n) is 13.8. The van der Waals surface area contributed by atoms with Gasteiger partial charge in [0.1, 0.15) is 0 Å². The van der Waals surface area contributed by atoms with Gasteiger partial charge < -0.3 is 14.7 Å². The van der Waals surface area contributed by atoms with Crippen LogP contribution in [0.3, 0.4) is 0 Å². The second-order valence-electron chi connectivity index (χ2n) is 7.00. The number of anilines is 1. The molecule has 24 heavy (non-hydrogen) atoms. The molecule has 3 heterocycles. The third-order valence-electron chi connectivity index (χ3n) is 5.17. The lowest BCUT2D eigenvalue weighted by molar-refractivity contribution is -0.136. The van der Waals surface area contributed by atoms with Crippen molar-refractivity contribution in [3.8, 4) is 0 Å². The molecular formula is C17H23N5O2. The Morgan fingerprint density at radius 2 is 1.83 bits per heavy atom. The molecule has 1 saturated carbocycles. The van der Waals surface area contributed by atoms with Crippen LogP contribution in [0.25, 0.3) is 0 Å². The van der Waals surface area contributed by atoms with Gasteiger partial charge >= 0.3 is 0 Å². The Labute approximate surface area is 141 Å². The molecule has 2 amide bonds. The number of carbonyl (C=O) groups is 2. The zero-order valence-corrected chi connectivity index (χ0v) is 13.8. The van der Waals surface area contributed by atoms with Gasteiger partial charge in [-0.1, -0.05) is 0 Å². The van der Waals surface area contributed by atoms with E-state index in [0.29, 0.717) is 32.0 Å². The van der Waals surface area contributed by atoms with Crippen molar-refractivity contribution in [1.29, 1.82) is 0 Å². The van der Waals surface area contributed by atoms with Crippen LogP contribution in [0.15, 0.2) is 18.5 Å². The number of hydrogen-bond donors (Lipinski definition) is 0. The van der Waals surface area contributed by atoms with Crippen molar-refractivity contribution < 1.29 is 9.59 Å². The van der Waals surface area contributed by atoms with E-state index in [-0.39, 0.29) is 17.7 Å². The van der Waals surface area contributed by atoms with Crippen molar-refractivity contribution in [3.63, 3.8) is 0 Å². The van der Waals surface area contributed by atoms with Crippen molar-refractivity contribution in [3.05, 3.63) is 18.5 Å². The molecule has 128 valence electrons. The maximum Gasteiger partial charge on any atom is 0.228 e. The fraction of sp³-hybridized carbons (Fsp3) is 0.647. The van der Waals surface area contributed by atoms with Crippen molar-refractivity contribution >= 4 is 17.8 Å². The summed E-state index contributed by atoms with van der Waals surface area (Å²) in [6, 6.07) is 1.80. The molecule has 3 fully saturated rings. The van der Waals surface area contributed by atoms with Gasteiger partial charge in [0.15, 0.2) is 0 Å². The van der Waals surface area contributed by atoms with E-state index in [0.717, 1.165) is 25.6 Å². The molecule has 2 aliphatic heterocycles. The summed E-state index contributed by atoms with van der Waals surface area (Å²) in [4.78, 5) is 39.3. The molecule has 7 nitrogen and oxygen atoms in total. The van der Waals surface area contributed by atoms with E-state index in [9.17, 15) is 9.59 Å². The van der Waals surface area contributed by atoms with Crippen LogP contribution in [0.5, 0.6) is 0 Å². The Kier molecular flexibility index (Phi) is 4.08. The highest BCUT2D eigenvalue weighted by Gasteiger charge is 2.39. The molecule has 1 atom stereocenters. The SMILES string of the molecule is O=C1C[C@@H](C(=O)N2CCN(c3ncccn3)CC2)CN1CC1CC1. The molecule has 0 unspecified atom stereocenters. The van der Waals surface area contributed by atoms with Crippen molar-refractivity contribution in [2.45, 2.75) is 19.3 Å². The molecule has 1 aromatic heterocycles. The van der Waals surface area contributed by atoms with Gasteiger partial charge in [-0.05, 0) is 24.8 Å². The van der Waals surface area contributed by atoms with Gasteiger partial charge in [-0.2, -0.15) is 0 Å². The van der Waals surface area contributed by atoms with E-state index in [1.165, 1.54) is 12.8 Å². The molecule has 0 bridgehead atoms. The topological polar surface area (TPSA) is 69.6 Å². The van der Waals surface area contributed by atoms with E-state index < -0.39 is 0 Å². The van der Waals surface area contributed by atoms with Gasteiger partial charge in [0.25, 0.3) is 0 Å². The van der Waals surface area contributed by atoms with Gasteiger partial charge in [-0.15, -0.1) is 0 Å². The highest BCUT2D eigenvalue weighted by atomic mass is 16.2. The second kappa shape index (κ2) is 6.37. The van der Waals surface area contributed by atoms with E-state index >= 15 is 0 Å². The molecule has 3 aliphatic rings. The Bertz CT molecular complexity index is 611. The third-order valence-corrected chi connectivity index (χ3v) is 5.17. The summed E-state index contributed by atoms with van der Waals surface area (Å²) in [5.74, 6) is 1.52. The highest BCUT2D eigenvalue weighted by Crippen LogP contribution is 2.32. The summed E-state index contributed by atoms with van der Waals surface area (Å²) in [5.41, 5.74) is 0. The predicted octanol–water partition coefficient (Wildman–Crippen LogP) is 0.384. The molecule has 1 aromatic rings. The Morgan fingerprint density at radius 3 is 2.50 bits per heavy atom. The number of likely N-dealkylation sites (tertiary alicyclic amines) is 1. The number of amides is 2. The summed E-state index contributed by atoms with van der Waals surface area (Å²) in [6.07, 6.45) is 6.31. The Morgan fingerprint density at radius 1 is 1.12 bits per heavy atom. The van der Waals surface area contributed by atoms with Crippen LogP contribution in [0, 0.1) is 11.8 Å². The van der Waals surface area contributed by atoms with Crippen LogP contribution < -0.4 is 4.90 Å². The lowest BCUT2D eigenvalue weighted by atomic mass is 10.1. The van der Waals surface area contributed by atoms with Crippen LogP contribution in [0.1, 0.15) is 19.3 Å². The first-order valence-corrected chi connectivity index (χ1v) is 8.79. The van der Waals surface area contributed by atoms with Crippen LogP contribution in [0.2, 0.25) is 0 Å². The Balaban J connectivity index is 1.31. The maximum atomic E-state index is 12.7. The average Bonchev–Trinajstić information content (AvgIpc) is 3.37. The second-order valence-corrected chi connectivity index (χ2v) is 7.00. The van der Waals surface area contributed by atoms with Crippen LogP contribution in [-0.4, -0.2) is 70.9 Å². The molecule has 0 aromatic carbocycles. The largest absolute Gasteiger partial charge is 0.342 e. The molecule has 0 radical (unpaired) electrons. The molecule has 0 spiro atoms. The molecule has 7 heteroatoms. The lowest BCUT2D eigenvalue weighted by Gasteiger charge is -2.35. The van der Waals surface area contributed by atoms with Crippen molar-refractivity contribution in [2.75, 3.05) is 44.2 Å². The number of piperazine rings is 1. The van der Waals surface area contributed by atoms with E-state index in [4.69, 9.17) is 0 Å². The standard InChI is InChI=1S/C17H23N5O2/c23-15-10-14(12-22(15)11-13-2-3-13)16(24)20-6-8-21(9-7-20)17-18-4-1-5-19-17/h1,4-5,13-14H,2-3,6-12H2/t14-/m1/s1. The first-order valence-electron chi connectivity index (χ1n) is 8.79. The first kappa shape index (κ1) is 15.4. The number of rotatable bonds is 4. The number of carbonyl (C=O) groups excluding carboxylic acids is 2.